The van der Waals surface area contributed by atoms with Gasteiger partial charge in [0.1, 0.15) is 0 Å². The lowest BCUT2D eigenvalue weighted by molar-refractivity contribution is -0.169. The Morgan fingerprint density at radius 2 is 2.10 bits per heavy atom. The molecule has 1 aromatic carbocycles. The third-order valence-electron chi connectivity index (χ3n) is 3.63. The van der Waals surface area contributed by atoms with Crippen molar-refractivity contribution < 1.29 is 19.8 Å². The summed E-state index contributed by atoms with van der Waals surface area (Å²) >= 11 is 0. The predicted molar refractivity (Wildman–Crippen MR) is 77.4 cm³/mol. The number of amides is 1. The molecule has 1 amide bonds. The van der Waals surface area contributed by atoms with E-state index in [0.29, 0.717) is 18.1 Å². The molecule has 2 rings (SSSR count). The van der Waals surface area contributed by atoms with Crippen molar-refractivity contribution in [2.24, 2.45) is 5.92 Å². The summed E-state index contributed by atoms with van der Waals surface area (Å²) in [6, 6.07) is 9.39. The van der Waals surface area contributed by atoms with Crippen LogP contribution in [0.15, 0.2) is 42.5 Å². The summed E-state index contributed by atoms with van der Waals surface area (Å²) in [5.41, 5.74) is 1.06. The first kappa shape index (κ1) is 15.7. The standard InChI is InChI=1S/C16H21NO4/c1-12(18)17(20)15-8-7-14(9-15)16(19)11-21-10-13-5-3-2-4-6-13/h2-8,14-16,19-20H,9-11H2,1H3/t14-,15-,16?/m0/s1. The Morgan fingerprint density at radius 1 is 1.38 bits per heavy atom. The zero-order valence-electron chi connectivity index (χ0n) is 12.1. The number of hydroxylamine groups is 2. The fourth-order valence-corrected chi connectivity index (χ4v) is 2.40. The number of nitrogens with zero attached hydrogens (tertiary/aromatic N) is 1. The number of hydrogen-bond donors (Lipinski definition) is 2. The Bertz CT molecular complexity index is 488. The molecule has 0 heterocycles. The lowest BCUT2D eigenvalue weighted by Crippen LogP contribution is -2.35. The van der Waals surface area contributed by atoms with E-state index < -0.39 is 12.0 Å². The van der Waals surface area contributed by atoms with E-state index in [1.165, 1.54) is 6.92 Å². The molecule has 5 nitrogen and oxygen atoms in total. The molecule has 1 aliphatic rings. The first-order valence-electron chi connectivity index (χ1n) is 7.04. The van der Waals surface area contributed by atoms with Crippen molar-refractivity contribution in [3.63, 3.8) is 0 Å². The highest BCUT2D eigenvalue weighted by atomic mass is 16.5. The van der Waals surface area contributed by atoms with Crippen LogP contribution in [-0.2, 0) is 16.1 Å². The van der Waals surface area contributed by atoms with Crippen molar-refractivity contribution in [3.8, 4) is 0 Å². The third kappa shape index (κ3) is 4.39. The molecular weight excluding hydrogens is 270 g/mol. The van der Waals surface area contributed by atoms with Crippen molar-refractivity contribution in [1.82, 2.24) is 5.06 Å². The highest BCUT2D eigenvalue weighted by Crippen LogP contribution is 2.25. The van der Waals surface area contributed by atoms with E-state index >= 15 is 0 Å². The first-order chi connectivity index (χ1) is 10.1. The summed E-state index contributed by atoms with van der Waals surface area (Å²) < 4.78 is 5.51. The van der Waals surface area contributed by atoms with Gasteiger partial charge in [0.05, 0.1) is 25.4 Å². The van der Waals surface area contributed by atoms with Crippen molar-refractivity contribution in [1.29, 1.82) is 0 Å². The van der Waals surface area contributed by atoms with E-state index in [1.54, 1.807) is 6.08 Å². The Kier molecular flexibility index (Phi) is 5.50. The molecule has 2 N–H and O–H groups in total. The molecule has 0 saturated carbocycles. The van der Waals surface area contributed by atoms with Gasteiger partial charge < -0.3 is 9.84 Å². The monoisotopic (exact) mass is 291 g/mol. The van der Waals surface area contributed by atoms with Crippen LogP contribution in [0.3, 0.4) is 0 Å². The third-order valence-corrected chi connectivity index (χ3v) is 3.63. The van der Waals surface area contributed by atoms with Crippen molar-refractivity contribution in [2.45, 2.75) is 32.1 Å². The van der Waals surface area contributed by atoms with Crippen molar-refractivity contribution in [3.05, 3.63) is 48.0 Å². The quantitative estimate of drug-likeness (QED) is 0.476. The number of hydrogen-bond acceptors (Lipinski definition) is 4. The molecule has 114 valence electrons. The molecule has 0 radical (unpaired) electrons. The maximum Gasteiger partial charge on any atom is 0.243 e. The van der Waals surface area contributed by atoms with Crippen LogP contribution in [0.25, 0.3) is 0 Å². The summed E-state index contributed by atoms with van der Waals surface area (Å²) in [4.78, 5) is 11.1. The number of rotatable bonds is 6. The van der Waals surface area contributed by atoms with Gasteiger partial charge in [-0.05, 0) is 12.0 Å². The summed E-state index contributed by atoms with van der Waals surface area (Å²) in [7, 11) is 0. The predicted octanol–water partition coefficient (Wildman–Crippen LogP) is 1.75. The minimum atomic E-state index is -0.643. The van der Waals surface area contributed by atoms with Crippen LogP contribution in [0.1, 0.15) is 18.9 Å². The van der Waals surface area contributed by atoms with Gasteiger partial charge in [-0.1, -0.05) is 42.5 Å². The van der Waals surface area contributed by atoms with Crippen LogP contribution in [0, 0.1) is 5.92 Å². The molecule has 1 aromatic rings. The molecule has 1 unspecified atom stereocenters. The fraction of sp³-hybridized carbons (Fsp3) is 0.438. The molecule has 0 aliphatic heterocycles. The van der Waals surface area contributed by atoms with Gasteiger partial charge >= 0.3 is 0 Å². The zero-order chi connectivity index (χ0) is 15.2. The first-order valence-corrected chi connectivity index (χ1v) is 7.04. The summed E-state index contributed by atoms with van der Waals surface area (Å²) in [5.74, 6) is -0.514. The van der Waals surface area contributed by atoms with Gasteiger partial charge in [0, 0.05) is 12.8 Å². The van der Waals surface area contributed by atoms with Gasteiger partial charge in [-0.3, -0.25) is 10.0 Å². The van der Waals surface area contributed by atoms with Crippen LogP contribution in [0.4, 0.5) is 0 Å². The lowest BCUT2D eigenvalue weighted by atomic mass is 10.0. The van der Waals surface area contributed by atoms with Gasteiger partial charge in [0.25, 0.3) is 0 Å². The highest BCUT2D eigenvalue weighted by molar-refractivity contribution is 5.72. The second kappa shape index (κ2) is 7.36. The van der Waals surface area contributed by atoms with Crippen LogP contribution in [-0.4, -0.2) is 40.0 Å². The van der Waals surface area contributed by atoms with Crippen LogP contribution in [0.5, 0.6) is 0 Å². The van der Waals surface area contributed by atoms with Crippen molar-refractivity contribution in [2.75, 3.05) is 6.61 Å². The Hall–Kier alpha value is -1.69. The molecule has 3 atom stereocenters. The Balaban J connectivity index is 1.74. The van der Waals surface area contributed by atoms with Gasteiger partial charge in [-0.2, -0.15) is 0 Å². The van der Waals surface area contributed by atoms with E-state index in [2.05, 4.69) is 0 Å². The van der Waals surface area contributed by atoms with E-state index in [1.807, 2.05) is 36.4 Å². The number of carbonyl (C=O) groups excluding carboxylic acids is 1. The van der Waals surface area contributed by atoms with E-state index in [4.69, 9.17) is 4.74 Å². The van der Waals surface area contributed by atoms with E-state index in [9.17, 15) is 15.1 Å². The topological polar surface area (TPSA) is 70.0 Å². The molecule has 1 aliphatic carbocycles. The molecular formula is C16H21NO4. The Morgan fingerprint density at radius 3 is 2.76 bits per heavy atom. The fourth-order valence-electron chi connectivity index (χ4n) is 2.40. The van der Waals surface area contributed by atoms with Gasteiger partial charge in [0.2, 0.25) is 5.91 Å². The second-order valence-electron chi connectivity index (χ2n) is 5.28. The summed E-state index contributed by atoms with van der Waals surface area (Å²) in [6.07, 6.45) is 3.43. The number of aliphatic hydroxyl groups is 1. The van der Waals surface area contributed by atoms with Crippen LogP contribution < -0.4 is 0 Å². The zero-order valence-corrected chi connectivity index (χ0v) is 12.1. The normalized spacial score (nSPS) is 22.2. The molecule has 0 aromatic heterocycles. The maximum atomic E-state index is 11.1. The molecule has 0 fully saturated rings. The smallest absolute Gasteiger partial charge is 0.243 e. The SMILES string of the molecule is CC(=O)N(O)[C@H]1C=C[C@H](C(O)COCc2ccccc2)C1. The molecule has 21 heavy (non-hydrogen) atoms. The number of aliphatic hydroxyl groups excluding tert-OH is 1. The van der Waals surface area contributed by atoms with E-state index in [0.717, 1.165) is 5.56 Å². The number of ether oxygens (including phenoxy) is 1. The highest BCUT2D eigenvalue weighted by Gasteiger charge is 2.29. The Labute approximate surface area is 124 Å². The van der Waals surface area contributed by atoms with Gasteiger partial charge in [0.15, 0.2) is 0 Å². The molecule has 5 heteroatoms. The van der Waals surface area contributed by atoms with Gasteiger partial charge in [-0.15, -0.1) is 0 Å². The molecule has 0 spiro atoms. The van der Waals surface area contributed by atoms with Crippen LogP contribution in [0.2, 0.25) is 0 Å². The van der Waals surface area contributed by atoms with E-state index in [-0.39, 0.29) is 18.6 Å². The molecule has 0 bridgehead atoms. The van der Waals surface area contributed by atoms with Gasteiger partial charge in [-0.25, -0.2) is 5.06 Å². The maximum absolute atomic E-state index is 11.1. The average molecular weight is 291 g/mol. The van der Waals surface area contributed by atoms with Crippen molar-refractivity contribution >= 4 is 5.91 Å². The number of carbonyl (C=O) groups is 1. The summed E-state index contributed by atoms with van der Waals surface area (Å²) in [6.45, 7) is 1.99. The summed E-state index contributed by atoms with van der Waals surface area (Å²) in [5, 5.41) is 20.4. The van der Waals surface area contributed by atoms with Crippen LogP contribution >= 0.6 is 0 Å². The average Bonchev–Trinajstić information content (AvgIpc) is 2.97. The minimum absolute atomic E-state index is 0.111. The number of benzene rings is 1. The minimum Gasteiger partial charge on any atom is -0.390 e. The second-order valence-corrected chi connectivity index (χ2v) is 5.28. The largest absolute Gasteiger partial charge is 0.390 e. The molecule has 0 saturated heterocycles. The lowest BCUT2D eigenvalue weighted by Gasteiger charge is -2.22.